The minimum absolute atomic E-state index is 0. The number of nitrogens with zero attached hydrogens (tertiary/aromatic N) is 1. The molecule has 1 atom stereocenters. The fourth-order valence-corrected chi connectivity index (χ4v) is 1.16. The maximum Gasteiger partial charge on any atom is 0.168 e. The smallest absolute Gasteiger partial charge is 0.168 e. The molecule has 1 aromatic heterocycles. The first-order chi connectivity index (χ1) is 5.83. The molecule has 0 aromatic carbocycles. The van der Waals surface area contributed by atoms with Crippen molar-refractivity contribution in [2.75, 3.05) is 0 Å². The third kappa shape index (κ3) is 5.04. The van der Waals surface area contributed by atoms with E-state index in [-0.39, 0.29) is 17.0 Å². The zero-order chi connectivity index (χ0) is 8.81. The summed E-state index contributed by atoms with van der Waals surface area (Å²) in [6.07, 6.45) is 6.82. The Hall–Kier alpha value is -0.370. The highest BCUT2D eigenvalue weighted by Gasteiger charge is 2.02. The van der Waals surface area contributed by atoms with Crippen molar-refractivity contribution in [3.8, 4) is 0 Å². The number of pyridine rings is 1. The maximum atomic E-state index is 2.31. The van der Waals surface area contributed by atoms with Gasteiger partial charge in [-0.2, -0.15) is 0 Å². The molecule has 1 unspecified atom stereocenters. The summed E-state index contributed by atoms with van der Waals surface area (Å²) in [7, 11) is 0. The Morgan fingerprint density at radius 3 is 2.31 bits per heavy atom. The van der Waals surface area contributed by atoms with E-state index in [9.17, 15) is 0 Å². The van der Waals surface area contributed by atoms with E-state index < -0.39 is 0 Å². The highest BCUT2D eigenvalue weighted by Crippen LogP contribution is 2.04. The summed E-state index contributed by atoms with van der Waals surface area (Å²) < 4.78 is 2.24. The van der Waals surface area contributed by atoms with E-state index in [2.05, 4.69) is 49.0 Å². The van der Waals surface area contributed by atoms with Crippen LogP contribution in [0.2, 0.25) is 0 Å². The summed E-state index contributed by atoms with van der Waals surface area (Å²) in [5.74, 6) is 0.845. The zero-order valence-electron chi connectivity index (χ0n) is 8.41. The van der Waals surface area contributed by atoms with Gasteiger partial charge in [-0.25, -0.2) is 4.57 Å². The van der Waals surface area contributed by atoms with E-state index in [0.29, 0.717) is 0 Å². The van der Waals surface area contributed by atoms with Gasteiger partial charge in [0.1, 0.15) is 6.54 Å². The first-order valence-corrected chi connectivity index (χ1v) is 4.77. The number of aryl methyl sites for hydroxylation is 1. The highest BCUT2D eigenvalue weighted by atomic mass is 79.9. The molecule has 0 radical (unpaired) electrons. The quantitative estimate of drug-likeness (QED) is 0.624. The van der Waals surface area contributed by atoms with Crippen LogP contribution in [0.1, 0.15) is 26.7 Å². The van der Waals surface area contributed by atoms with Crippen LogP contribution in [0.25, 0.3) is 0 Å². The van der Waals surface area contributed by atoms with Crippen molar-refractivity contribution < 1.29 is 21.5 Å². The summed E-state index contributed by atoms with van der Waals surface area (Å²) in [6, 6.07) is 6.22. The minimum Gasteiger partial charge on any atom is -1.00 e. The number of halogens is 1. The number of aromatic nitrogens is 1. The van der Waals surface area contributed by atoms with Crippen molar-refractivity contribution in [1.29, 1.82) is 0 Å². The maximum absolute atomic E-state index is 2.31. The topological polar surface area (TPSA) is 3.88 Å². The van der Waals surface area contributed by atoms with E-state index in [1.165, 1.54) is 12.8 Å². The van der Waals surface area contributed by atoms with Crippen LogP contribution in [0, 0.1) is 5.92 Å². The van der Waals surface area contributed by atoms with Gasteiger partial charge < -0.3 is 17.0 Å². The Kier molecular flexibility index (Phi) is 6.87. The third-order valence-corrected chi connectivity index (χ3v) is 2.35. The Morgan fingerprint density at radius 2 is 1.77 bits per heavy atom. The van der Waals surface area contributed by atoms with Gasteiger partial charge in [-0.15, -0.1) is 0 Å². The molecule has 13 heavy (non-hydrogen) atoms. The average Bonchev–Trinajstić information content (AvgIpc) is 2.16. The molecule has 0 aliphatic carbocycles. The molecule has 0 saturated heterocycles. The van der Waals surface area contributed by atoms with Crippen molar-refractivity contribution in [3.63, 3.8) is 0 Å². The van der Waals surface area contributed by atoms with Crippen molar-refractivity contribution in [2.45, 2.75) is 33.2 Å². The van der Waals surface area contributed by atoms with Crippen LogP contribution in [0.5, 0.6) is 0 Å². The van der Waals surface area contributed by atoms with Crippen LogP contribution in [-0.2, 0) is 6.54 Å². The van der Waals surface area contributed by atoms with Gasteiger partial charge >= 0.3 is 0 Å². The molecule has 0 saturated carbocycles. The summed E-state index contributed by atoms with van der Waals surface area (Å²) in [4.78, 5) is 0. The predicted molar refractivity (Wildman–Crippen MR) is 50.7 cm³/mol. The molecule has 0 aliphatic heterocycles. The summed E-state index contributed by atoms with van der Waals surface area (Å²) in [6.45, 7) is 5.71. The lowest BCUT2D eigenvalue weighted by Gasteiger charge is -2.03. The molecule has 1 rings (SSSR count). The lowest BCUT2D eigenvalue weighted by molar-refractivity contribution is -0.698. The molecule has 0 spiro atoms. The molecule has 0 aliphatic rings. The van der Waals surface area contributed by atoms with Crippen LogP contribution < -0.4 is 21.5 Å². The fraction of sp³-hybridized carbons (Fsp3) is 0.545. The Balaban J connectivity index is 0.00000144. The van der Waals surface area contributed by atoms with Gasteiger partial charge in [0.15, 0.2) is 12.4 Å². The van der Waals surface area contributed by atoms with Gasteiger partial charge in [0.05, 0.1) is 0 Å². The summed E-state index contributed by atoms with van der Waals surface area (Å²) >= 11 is 0. The first-order valence-electron chi connectivity index (χ1n) is 4.77. The molecular formula is C11H18BrN. The summed E-state index contributed by atoms with van der Waals surface area (Å²) in [5, 5.41) is 0. The molecule has 1 nitrogen and oxygen atoms in total. The molecule has 0 fully saturated rings. The van der Waals surface area contributed by atoms with Gasteiger partial charge in [0.2, 0.25) is 0 Å². The second-order valence-corrected chi connectivity index (χ2v) is 3.42. The molecule has 74 valence electrons. The lowest BCUT2D eigenvalue weighted by Crippen LogP contribution is -3.00. The van der Waals surface area contributed by atoms with Crippen molar-refractivity contribution in [3.05, 3.63) is 30.6 Å². The average molecular weight is 244 g/mol. The second kappa shape index (κ2) is 7.07. The standard InChI is InChI=1S/C11H18N.BrH/c1-3-11(2)7-10-12-8-5-4-6-9-12;/h4-6,8-9,11H,3,7,10H2,1-2H3;1H/q+1;/p-1. The molecule has 1 heterocycles. The molecular weight excluding hydrogens is 226 g/mol. The van der Waals surface area contributed by atoms with E-state index >= 15 is 0 Å². The SMILES string of the molecule is CCC(C)CC[n+]1ccccc1.[Br-]. The molecule has 1 aromatic rings. The highest BCUT2D eigenvalue weighted by molar-refractivity contribution is 4.83. The molecule has 0 N–H and O–H groups in total. The van der Waals surface area contributed by atoms with Gasteiger partial charge in [-0.1, -0.05) is 26.3 Å². The minimum atomic E-state index is 0. The molecule has 2 heteroatoms. The van der Waals surface area contributed by atoms with Crippen LogP contribution in [0.15, 0.2) is 30.6 Å². The van der Waals surface area contributed by atoms with Crippen molar-refractivity contribution >= 4 is 0 Å². The zero-order valence-corrected chi connectivity index (χ0v) is 10.00. The van der Waals surface area contributed by atoms with Crippen LogP contribution >= 0.6 is 0 Å². The molecule has 0 amide bonds. The van der Waals surface area contributed by atoms with E-state index in [1.54, 1.807) is 0 Å². The van der Waals surface area contributed by atoms with Crippen LogP contribution in [0.3, 0.4) is 0 Å². The monoisotopic (exact) mass is 243 g/mol. The van der Waals surface area contributed by atoms with Gasteiger partial charge in [0.25, 0.3) is 0 Å². The first kappa shape index (κ1) is 12.6. The van der Waals surface area contributed by atoms with E-state index in [1.807, 2.05) is 0 Å². The van der Waals surface area contributed by atoms with Crippen LogP contribution in [0.4, 0.5) is 0 Å². The summed E-state index contributed by atoms with van der Waals surface area (Å²) in [5.41, 5.74) is 0. The normalized spacial score (nSPS) is 11.8. The van der Waals surface area contributed by atoms with E-state index in [4.69, 9.17) is 0 Å². The Bertz CT molecular complexity index is 211. The largest absolute Gasteiger partial charge is 1.00 e. The number of hydrogen-bond acceptors (Lipinski definition) is 0. The fourth-order valence-electron chi connectivity index (χ4n) is 1.16. The van der Waals surface area contributed by atoms with E-state index in [0.717, 1.165) is 12.5 Å². The Labute approximate surface area is 91.6 Å². The van der Waals surface area contributed by atoms with Crippen LogP contribution in [-0.4, -0.2) is 0 Å². The lowest BCUT2D eigenvalue weighted by atomic mass is 10.1. The van der Waals surface area contributed by atoms with Crippen molar-refractivity contribution in [1.82, 2.24) is 0 Å². The van der Waals surface area contributed by atoms with Gasteiger partial charge in [-0.3, -0.25) is 0 Å². The third-order valence-electron chi connectivity index (χ3n) is 2.35. The second-order valence-electron chi connectivity index (χ2n) is 3.42. The predicted octanol–water partition coefficient (Wildman–Crippen LogP) is -0.586. The van der Waals surface area contributed by atoms with Gasteiger partial charge in [-0.05, 0) is 5.92 Å². The molecule has 0 bridgehead atoms. The van der Waals surface area contributed by atoms with Crippen molar-refractivity contribution in [2.24, 2.45) is 5.92 Å². The number of rotatable bonds is 4. The van der Waals surface area contributed by atoms with Gasteiger partial charge in [0, 0.05) is 18.6 Å². The Morgan fingerprint density at radius 1 is 1.15 bits per heavy atom. The number of hydrogen-bond donors (Lipinski definition) is 0.